The highest BCUT2D eigenvalue weighted by molar-refractivity contribution is 5.93. The predicted molar refractivity (Wildman–Crippen MR) is 146 cm³/mol. The first kappa shape index (κ1) is 25.5. The molecule has 4 aromatic rings. The molecule has 1 aliphatic rings. The first-order chi connectivity index (χ1) is 18.8. The number of nitro groups is 2. The maximum absolute atomic E-state index is 12.8. The number of non-ortho nitro benzene ring substituents is 1. The van der Waals surface area contributed by atoms with Crippen LogP contribution in [0, 0.1) is 33.1 Å². The third kappa shape index (κ3) is 5.44. The van der Waals surface area contributed by atoms with Crippen molar-refractivity contribution in [2.45, 2.75) is 19.8 Å². The largest absolute Gasteiger partial charge is 0.341 e. The molecule has 2 N–H and O–H groups in total. The molecule has 1 aliphatic heterocycles. The van der Waals surface area contributed by atoms with Crippen LogP contribution >= 0.6 is 0 Å². The Hall–Kier alpha value is -5.13. The van der Waals surface area contributed by atoms with Crippen LogP contribution in [0.25, 0.3) is 22.2 Å². The van der Waals surface area contributed by atoms with Gasteiger partial charge in [-0.2, -0.15) is 0 Å². The van der Waals surface area contributed by atoms with Crippen LogP contribution in [0.5, 0.6) is 0 Å². The van der Waals surface area contributed by atoms with Crippen LogP contribution in [0.1, 0.15) is 18.4 Å². The molecule has 0 aliphatic carbocycles. The van der Waals surface area contributed by atoms with Crippen LogP contribution in [0.2, 0.25) is 0 Å². The van der Waals surface area contributed by atoms with Crippen LogP contribution in [0.15, 0.2) is 66.7 Å². The number of nitrogens with zero attached hydrogens (tertiary/aromatic N) is 5. The molecule has 0 saturated carbocycles. The van der Waals surface area contributed by atoms with Crippen LogP contribution in [-0.2, 0) is 4.79 Å². The summed E-state index contributed by atoms with van der Waals surface area (Å²) in [5, 5.41) is 23.3. The second-order valence-corrected chi connectivity index (χ2v) is 9.35. The number of carbonyl (C=O) groups excluding carboxylic acids is 1. The number of nitro benzene ring substituents is 2. The summed E-state index contributed by atoms with van der Waals surface area (Å²) in [6.45, 7) is 3.15. The zero-order valence-corrected chi connectivity index (χ0v) is 21.0. The molecule has 12 nitrogen and oxygen atoms in total. The average molecular weight is 528 g/mol. The molecule has 39 heavy (non-hydrogen) atoms. The molecule has 0 spiro atoms. The number of aryl methyl sites for hydroxylation is 1. The zero-order valence-electron chi connectivity index (χ0n) is 21.0. The number of nitrogens with one attached hydrogen (secondary N) is 2. The average Bonchev–Trinajstić information content (AvgIpc) is 2.95. The van der Waals surface area contributed by atoms with E-state index < -0.39 is 21.2 Å². The number of piperidine rings is 1. The van der Waals surface area contributed by atoms with Gasteiger partial charge in [-0.05, 0) is 38.0 Å². The van der Waals surface area contributed by atoms with Crippen molar-refractivity contribution in [3.8, 4) is 11.3 Å². The number of benzene rings is 3. The number of aromatic nitrogens is 2. The fraction of sp³-hybridized carbons (Fsp3) is 0.222. The second kappa shape index (κ2) is 10.7. The van der Waals surface area contributed by atoms with Gasteiger partial charge in [-0.1, -0.05) is 42.0 Å². The quantitative estimate of drug-likeness (QED) is 0.255. The molecular weight excluding hydrogens is 502 g/mol. The van der Waals surface area contributed by atoms with Crippen molar-refractivity contribution in [3.63, 3.8) is 0 Å². The van der Waals surface area contributed by atoms with Gasteiger partial charge in [0.2, 0.25) is 11.9 Å². The molecule has 1 saturated heterocycles. The summed E-state index contributed by atoms with van der Waals surface area (Å²) in [4.78, 5) is 45.4. The molecule has 1 amide bonds. The van der Waals surface area contributed by atoms with Crippen molar-refractivity contribution in [2.24, 2.45) is 5.92 Å². The van der Waals surface area contributed by atoms with Gasteiger partial charge in [0.1, 0.15) is 5.69 Å². The third-order valence-corrected chi connectivity index (χ3v) is 6.74. The third-order valence-electron chi connectivity index (χ3n) is 6.74. The molecule has 0 bridgehead atoms. The van der Waals surface area contributed by atoms with Gasteiger partial charge in [0.15, 0.2) is 0 Å². The molecule has 0 unspecified atom stereocenters. The Morgan fingerprint density at radius 1 is 0.949 bits per heavy atom. The Balaban J connectivity index is 1.28. The van der Waals surface area contributed by atoms with E-state index in [1.165, 1.54) is 6.07 Å². The highest BCUT2D eigenvalue weighted by Crippen LogP contribution is 2.31. The van der Waals surface area contributed by atoms with Crippen molar-refractivity contribution in [3.05, 3.63) is 92.5 Å². The van der Waals surface area contributed by atoms with Crippen LogP contribution in [-0.4, -0.2) is 38.8 Å². The molecule has 2 heterocycles. The van der Waals surface area contributed by atoms with E-state index in [4.69, 9.17) is 9.97 Å². The topological polar surface area (TPSA) is 156 Å². The Morgan fingerprint density at radius 3 is 2.38 bits per heavy atom. The summed E-state index contributed by atoms with van der Waals surface area (Å²) in [6, 6.07) is 19.2. The number of carbonyl (C=O) groups is 1. The minimum absolute atomic E-state index is 0.0374. The summed E-state index contributed by atoms with van der Waals surface area (Å²) in [6.07, 6.45) is 1.07. The Bertz CT molecular complexity index is 1570. The lowest BCUT2D eigenvalue weighted by Gasteiger charge is -2.31. The lowest BCUT2D eigenvalue weighted by atomic mass is 9.96. The first-order valence-electron chi connectivity index (χ1n) is 12.4. The maximum Gasteiger partial charge on any atom is 0.300 e. The summed E-state index contributed by atoms with van der Waals surface area (Å²) in [5.41, 5.74) is 7.93. The van der Waals surface area contributed by atoms with E-state index in [1.54, 1.807) is 0 Å². The monoisotopic (exact) mass is 527 g/mol. The number of rotatable bonds is 7. The van der Waals surface area contributed by atoms with Gasteiger partial charge in [-0.15, -0.1) is 0 Å². The molecular formula is C27H25N7O5. The van der Waals surface area contributed by atoms with Gasteiger partial charge in [0, 0.05) is 36.0 Å². The first-order valence-corrected chi connectivity index (χ1v) is 12.4. The van der Waals surface area contributed by atoms with Gasteiger partial charge in [-0.25, -0.2) is 9.97 Å². The van der Waals surface area contributed by atoms with Crippen molar-refractivity contribution >= 4 is 39.8 Å². The van der Waals surface area contributed by atoms with Crippen LogP contribution in [0.4, 0.5) is 23.0 Å². The minimum Gasteiger partial charge on any atom is -0.341 e. The normalized spacial score (nSPS) is 13.7. The number of fused-ring (bicyclic) bond motifs is 1. The summed E-state index contributed by atoms with van der Waals surface area (Å²) < 4.78 is 0. The highest BCUT2D eigenvalue weighted by atomic mass is 16.6. The molecule has 198 valence electrons. The van der Waals surface area contributed by atoms with Crippen molar-refractivity contribution < 1.29 is 14.6 Å². The number of hydrogen-bond donors (Lipinski definition) is 2. The van der Waals surface area contributed by atoms with E-state index in [2.05, 4.69) is 21.8 Å². The molecule has 1 aromatic heterocycles. The Labute approximate surface area is 223 Å². The van der Waals surface area contributed by atoms with E-state index >= 15 is 0 Å². The van der Waals surface area contributed by atoms with E-state index in [9.17, 15) is 25.0 Å². The summed E-state index contributed by atoms with van der Waals surface area (Å²) in [7, 11) is 0. The fourth-order valence-corrected chi connectivity index (χ4v) is 4.65. The molecule has 5 rings (SSSR count). The fourth-order valence-electron chi connectivity index (χ4n) is 4.65. The van der Waals surface area contributed by atoms with Crippen molar-refractivity contribution in [1.82, 2.24) is 15.4 Å². The number of hydrazine groups is 1. The molecule has 3 aromatic carbocycles. The summed E-state index contributed by atoms with van der Waals surface area (Å²) >= 11 is 0. The van der Waals surface area contributed by atoms with Crippen LogP contribution < -0.4 is 15.8 Å². The Kier molecular flexibility index (Phi) is 7.00. The highest BCUT2D eigenvalue weighted by Gasteiger charge is 2.28. The van der Waals surface area contributed by atoms with E-state index in [1.807, 2.05) is 49.4 Å². The van der Waals surface area contributed by atoms with Gasteiger partial charge in [0.25, 0.3) is 5.69 Å². The summed E-state index contributed by atoms with van der Waals surface area (Å²) in [5.74, 6) is -0.0478. The molecule has 0 radical (unpaired) electrons. The number of anilines is 2. The molecule has 1 fully saturated rings. The van der Waals surface area contributed by atoms with Crippen LogP contribution in [0.3, 0.4) is 0 Å². The minimum atomic E-state index is -0.742. The number of hydrogen-bond acceptors (Lipinski definition) is 9. The van der Waals surface area contributed by atoms with Gasteiger partial charge >= 0.3 is 5.69 Å². The van der Waals surface area contributed by atoms with Gasteiger partial charge in [-0.3, -0.25) is 35.9 Å². The maximum atomic E-state index is 12.8. The van der Waals surface area contributed by atoms with Crippen molar-refractivity contribution in [1.29, 1.82) is 0 Å². The zero-order chi connectivity index (χ0) is 27.5. The Morgan fingerprint density at radius 2 is 1.69 bits per heavy atom. The smallest absolute Gasteiger partial charge is 0.300 e. The second-order valence-electron chi connectivity index (χ2n) is 9.35. The predicted octanol–water partition coefficient (Wildman–Crippen LogP) is 4.78. The van der Waals surface area contributed by atoms with Crippen molar-refractivity contribution in [2.75, 3.05) is 23.4 Å². The van der Waals surface area contributed by atoms with E-state index in [0.29, 0.717) is 31.9 Å². The lowest BCUT2D eigenvalue weighted by molar-refractivity contribution is -0.393. The van der Waals surface area contributed by atoms with E-state index in [0.717, 1.165) is 39.9 Å². The standard InChI is InChI=1S/C27H25N7O5/c1-17-7-9-22-21(15-17)25(18-5-3-2-4-6-18)29-27(28-22)32-13-11-19(12-14-32)26(35)31-30-23-10-8-20(33(36)37)16-24(23)34(38)39/h2-10,15-16,19,30H,11-14H2,1H3,(H,31,35). The number of amides is 1. The van der Waals surface area contributed by atoms with E-state index in [-0.39, 0.29) is 17.5 Å². The SMILES string of the molecule is Cc1ccc2nc(N3CCC(C(=O)NNc4ccc([N+](=O)[O-])cc4[N+](=O)[O-])CC3)nc(-c3ccccc3)c2c1. The lowest BCUT2D eigenvalue weighted by Crippen LogP contribution is -2.42. The molecule has 12 heteroatoms. The molecule has 0 atom stereocenters. The van der Waals surface area contributed by atoms with Gasteiger partial charge < -0.3 is 4.90 Å². The van der Waals surface area contributed by atoms with Gasteiger partial charge in [0.05, 0.1) is 27.1 Å².